The molecule has 0 saturated carbocycles. The molecule has 0 fully saturated rings. The Hall–Kier alpha value is -4.00. The monoisotopic (exact) mass is 401 g/mol. The van der Waals surface area contributed by atoms with Gasteiger partial charge in [-0.2, -0.15) is 0 Å². The molecule has 150 valence electrons. The van der Waals surface area contributed by atoms with E-state index < -0.39 is 18.0 Å². The van der Waals surface area contributed by atoms with Gasteiger partial charge in [-0.1, -0.05) is 30.3 Å². The quantitative estimate of drug-likeness (QED) is 0.499. The van der Waals surface area contributed by atoms with E-state index in [4.69, 9.17) is 9.15 Å². The summed E-state index contributed by atoms with van der Waals surface area (Å²) in [6.45, 7) is 3.40. The van der Waals surface area contributed by atoms with E-state index in [9.17, 15) is 9.59 Å². The highest BCUT2D eigenvalue weighted by Crippen LogP contribution is 2.27. The fourth-order valence-corrected chi connectivity index (χ4v) is 2.88. The molecule has 7 heteroatoms. The number of pyridine rings is 1. The molecule has 0 saturated heterocycles. The van der Waals surface area contributed by atoms with E-state index in [1.807, 2.05) is 31.2 Å². The first-order chi connectivity index (χ1) is 14.5. The number of benzene rings is 2. The maximum atomic E-state index is 12.8. The predicted octanol–water partition coefficient (Wildman–Crippen LogP) is 4.38. The Kier molecular flexibility index (Phi) is 5.26. The Morgan fingerprint density at radius 3 is 2.57 bits per heavy atom. The molecule has 1 N–H and O–H groups in total. The van der Waals surface area contributed by atoms with Crippen molar-refractivity contribution in [3.8, 4) is 11.5 Å². The van der Waals surface area contributed by atoms with Gasteiger partial charge in [0.15, 0.2) is 11.7 Å². The molecule has 0 aliphatic heterocycles. The zero-order valence-corrected chi connectivity index (χ0v) is 16.5. The normalized spacial score (nSPS) is 11.8. The molecule has 1 unspecified atom stereocenters. The van der Waals surface area contributed by atoms with Crippen LogP contribution in [0, 0.1) is 6.92 Å². The van der Waals surface area contributed by atoms with Crippen molar-refractivity contribution in [1.82, 2.24) is 9.97 Å². The summed E-state index contributed by atoms with van der Waals surface area (Å²) < 4.78 is 11.2. The molecule has 2 aromatic heterocycles. The third kappa shape index (κ3) is 4.05. The lowest BCUT2D eigenvalue weighted by Crippen LogP contribution is -2.30. The Morgan fingerprint density at radius 2 is 1.80 bits per heavy atom. The topological polar surface area (TPSA) is 94.3 Å². The van der Waals surface area contributed by atoms with Crippen LogP contribution in [0.25, 0.3) is 22.6 Å². The highest BCUT2D eigenvalue weighted by atomic mass is 16.5. The van der Waals surface area contributed by atoms with Crippen molar-refractivity contribution in [2.45, 2.75) is 20.0 Å². The summed E-state index contributed by atoms with van der Waals surface area (Å²) in [4.78, 5) is 33.7. The molecule has 1 atom stereocenters. The van der Waals surface area contributed by atoms with Gasteiger partial charge in [-0.05, 0) is 49.7 Å². The van der Waals surface area contributed by atoms with Gasteiger partial charge < -0.3 is 14.5 Å². The summed E-state index contributed by atoms with van der Waals surface area (Å²) >= 11 is 0. The van der Waals surface area contributed by atoms with E-state index in [-0.39, 0.29) is 5.56 Å². The van der Waals surface area contributed by atoms with E-state index in [1.54, 1.807) is 42.6 Å². The van der Waals surface area contributed by atoms with Crippen molar-refractivity contribution < 1.29 is 18.7 Å². The van der Waals surface area contributed by atoms with E-state index in [0.29, 0.717) is 28.4 Å². The molecule has 2 aromatic carbocycles. The molecule has 4 rings (SSSR count). The smallest absolute Gasteiger partial charge is 0.339 e. The van der Waals surface area contributed by atoms with Crippen molar-refractivity contribution >= 4 is 28.8 Å². The highest BCUT2D eigenvalue weighted by Gasteiger charge is 2.23. The van der Waals surface area contributed by atoms with Gasteiger partial charge >= 0.3 is 5.97 Å². The van der Waals surface area contributed by atoms with Crippen LogP contribution in [0.15, 0.2) is 71.3 Å². The minimum atomic E-state index is -1.02. The fraction of sp³-hybridized carbons (Fsp3) is 0.130. The molecule has 0 bridgehead atoms. The number of oxazole rings is 1. The van der Waals surface area contributed by atoms with Crippen LogP contribution < -0.4 is 5.32 Å². The maximum Gasteiger partial charge on any atom is 0.339 e. The molecule has 0 aliphatic rings. The first-order valence-corrected chi connectivity index (χ1v) is 9.41. The van der Waals surface area contributed by atoms with Crippen LogP contribution >= 0.6 is 0 Å². The summed E-state index contributed by atoms with van der Waals surface area (Å²) in [5.74, 6) is -0.420. The number of nitrogens with zero attached hydrogens (tertiary/aromatic N) is 2. The number of carbonyl (C=O) groups is 2. The first-order valence-electron chi connectivity index (χ1n) is 9.41. The number of rotatable bonds is 5. The molecular formula is C23H19N3O4. The Morgan fingerprint density at radius 1 is 1.03 bits per heavy atom. The molecule has 0 radical (unpaired) electrons. The van der Waals surface area contributed by atoms with Crippen LogP contribution in [0.2, 0.25) is 0 Å². The number of nitrogens with one attached hydrogen (secondary N) is 1. The maximum absolute atomic E-state index is 12.8. The Labute approximate surface area is 172 Å². The number of ether oxygens (including phenoxy) is 1. The molecular weight excluding hydrogens is 382 g/mol. The third-order valence-corrected chi connectivity index (χ3v) is 4.49. The van der Waals surface area contributed by atoms with Gasteiger partial charge in [-0.15, -0.1) is 0 Å². The number of hydrogen-bond donors (Lipinski definition) is 1. The van der Waals surface area contributed by atoms with E-state index in [2.05, 4.69) is 15.3 Å². The van der Waals surface area contributed by atoms with Crippen LogP contribution in [0.1, 0.15) is 22.8 Å². The molecule has 4 aromatic rings. The largest absolute Gasteiger partial charge is 0.449 e. The number of aryl methyl sites for hydroxylation is 1. The number of para-hydroxylation sites is 2. The van der Waals surface area contributed by atoms with Crippen molar-refractivity contribution in [2.75, 3.05) is 5.32 Å². The molecule has 7 nitrogen and oxygen atoms in total. The Bertz CT molecular complexity index is 1180. The van der Waals surface area contributed by atoms with Crippen LogP contribution in [-0.2, 0) is 9.53 Å². The van der Waals surface area contributed by atoms with Crippen LogP contribution in [0.4, 0.5) is 5.82 Å². The lowest BCUT2D eigenvalue weighted by molar-refractivity contribution is -0.123. The average Bonchev–Trinajstić information content (AvgIpc) is 3.19. The second-order valence-electron chi connectivity index (χ2n) is 6.79. The van der Waals surface area contributed by atoms with Crippen LogP contribution in [-0.4, -0.2) is 27.9 Å². The number of carbonyl (C=O) groups excluding carboxylic acids is 2. The number of aromatic nitrogens is 2. The summed E-state index contributed by atoms with van der Waals surface area (Å²) in [6, 6.07) is 17.7. The number of hydrogen-bond acceptors (Lipinski definition) is 6. The minimum absolute atomic E-state index is 0.261. The van der Waals surface area contributed by atoms with Gasteiger partial charge in [-0.25, -0.2) is 14.8 Å². The second kappa shape index (κ2) is 8.16. The number of amides is 1. The van der Waals surface area contributed by atoms with Gasteiger partial charge in [0.05, 0.1) is 11.1 Å². The lowest BCUT2D eigenvalue weighted by Gasteiger charge is -2.14. The highest BCUT2D eigenvalue weighted by molar-refractivity contribution is 6.00. The number of fused-ring (bicyclic) bond motifs is 1. The lowest BCUT2D eigenvalue weighted by atomic mass is 10.1. The van der Waals surface area contributed by atoms with E-state index in [0.717, 1.165) is 5.56 Å². The molecule has 0 aliphatic carbocycles. The third-order valence-electron chi connectivity index (χ3n) is 4.49. The molecule has 0 spiro atoms. The van der Waals surface area contributed by atoms with Gasteiger partial charge in [0.25, 0.3) is 5.91 Å². The molecule has 30 heavy (non-hydrogen) atoms. The Balaban J connectivity index is 1.52. The zero-order valence-electron chi connectivity index (χ0n) is 16.5. The van der Waals surface area contributed by atoms with Gasteiger partial charge in [0.1, 0.15) is 11.3 Å². The molecule has 2 heterocycles. The summed E-state index contributed by atoms with van der Waals surface area (Å²) in [6.07, 6.45) is 0.625. The van der Waals surface area contributed by atoms with Gasteiger partial charge in [0.2, 0.25) is 5.89 Å². The molecule has 1 amide bonds. The van der Waals surface area contributed by atoms with E-state index >= 15 is 0 Å². The average molecular weight is 401 g/mol. The number of anilines is 1. The summed E-state index contributed by atoms with van der Waals surface area (Å²) in [5.41, 5.74) is 3.04. The van der Waals surface area contributed by atoms with Crippen molar-refractivity contribution in [3.63, 3.8) is 0 Å². The first kappa shape index (κ1) is 19.3. The summed E-state index contributed by atoms with van der Waals surface area (Å²) in [7, 11) is 0. The number of esters is 1. The standard InChI is InChI=1S/C23H19N3O4/c1-14-11-12-20(24-13-14)26-21(27)15(2)29-23(28)17-8-4-3-7-16(17)22-25-18-9-5-6-10-19(18)30-22/h3-13,15H,1-2H3,(H,24,26,27). The second-order valence-corrected chi connectivity index (χ2v) is 6.79. The SMILES string of the molecule is Cc1ccc(NC(=O)C(C)OC(=O)c2ccccc2-c2nc3ccccc3o2)nc1. The van der Waals surface area contributed by atoms with Crippen molar-refractivity contribution in [3.05, 3.63) is 78.0 Å². The summed E-state index contributed by atoms with van der Waals surface area (Å²) in [5, 5.41) is 2.63. The minimum Gasteiger partial charge on any atom is -0.449 e. The zero-order chi connectivity index (χ0) is 21.1. The van der Waals surface area contributed by atoms with E-state index in [1.165, 1.54) is 6.92 Å². The fourth-order valence-electron chi connectivity index (χ4n) is 2.88. The van der Waals surface area contributed by atoms with Crippen LogP contribution in [0.5, 0.6) is 0 Å². The predicted molar refractivity (Wildman–Crippen MR) is 112 cm³/mol. The van der Waals surface area contributed by atoms with Crippen molar-refractivity contribution in [1.29, 1.82) is 0 Å². The van der Waals surface area contributed by atoms with Gasteiger partial charge in [0, 0.05) is 6.20 Å². The van der Waals surface area contributed by atoms with Crippen molar-refractivity contribution in [2.24, 2.45) is 0 Å². The van der Waals surface area contributed by atoms with Crippen LogP contribution in [0.3, 0.4) is 0 Å². The van der Waals surface area contributed by atoms with Gasteiger partial charge in [-0.3, -0.25) is 4.79 Å².